The number of nitrogens with one attached hydrogen (secondary N) is 2. The largest absolute Gasteiger partial charge is 0.352 e. The lowest BCUT2D eigenvalue weighted by Crippen LogP contribution is -2.48. The van der Waals surface area contributed by atoms with Crippen LogP contribution in [0.4, 0.5) is 10.5 Å². The molecule has 0 bridgehead atoms. The van der Waals surface area contributed by atoms with Crippen molar-refractivity contribution >= 4 is 29.2 Å². The summed E-state index contributed by atoms with van der Waals surface area (Å²) in [7, 11) is 0. The monoisotopic (exact) mass is 321 g/mol. The Kier molecular flexibility index (Phi) is 4.25. The van der Waals surface area contributed by atoms with E-state index in [1.54, 1.807) is 11.0 Å². The number of benzene rings is 1. The molecule has 2 N–H and O–H groups in total. The van der Waals surface area contributed by atoms with Crippen LogP contribution in [0.1, 0.15) is 31.2 Å². The normalized spacial score (nSPS) is 20.8. The summed E-state index contributed by atoms with van der Waals surface area (Å²) in [4.78, 5) is 26.4. The van der Waals surface area contributed by atoms with E-state index in [0.717, 1.165) is 24.8 Å². The van der Waals surface area contributed by atoms with Gasteiger partial charge < -0.3 is 15.5 Å². The third-order valence-electron chi connectivity index (χ3n) is 4.19. The van der Waals surface area contributed by atoms with E-state index in [1.165, 1.54) is 0 Å². The summed E-state index contributed by atoms with van der Waals surface area (Å²) < 4.78 is 0. The van der Waals surface area contributed by atoms with Gasteiger partial charge in [-0.2, -0.15) is 0 Å². The van der Waals surface area contributed by atoms with Gasteiger partial charge in [-0.3, -0.25) is 4.79 Å². The van der Waals surface area contributed by atoms with Crippen molar-refractivity contribution in [1.82, 2.24) is 10.2 Å². The first-order valence-electron chi connectivity index (χ1n) is 7.69. The highest BCUT2D eigenvalue weighted by Crippen LogP contribution is 2.27. The molecule has 0 spiro atoms. The quantitative estimate of drug-likeness (QED) is 0.899. The Morgan fingerprint density at radius 1 is 1.27 bits per heavy atom. The molecule has 1 unspecified atom stereocenters. The number of aryl methyl sites for hydroxylation is 1. The van der Waals surface area contributed by atoms with Crippen LogP contribution in [0.5, 0.6) is 0 Å². The number of halogens is 1. The van der Waals surface area contributed by atoms with Crippen LogP contribution in [-0.2, 0) is 4.79 Å². The molecular weight excluding hydrogens is 302 g/mol. The molecule has 2 fully saturated rings. The molecule has 1 saturated heterocycles. The maximum absolute atomic E-state index is 12.5. The highest BCUT2D eigenvalue weighted by Gasteiger charge is 2.36. The van der Waals surface area contributed by atoms with Gasteiger partial charge in [-0.15, -0.1) is 0 Å². The van der Waals surface area contributed by atoms with Gasteiger partial charge in [-0.1, -0.05) is 23.7 Å². The SMILES string of the molecule is Cc1cccc(Cl)c1NC(=O)N1CCCC1C(=O)NC1CC1. The molecule has 1 aromatic carbocycles. The molecule has 6 heteroatoms. The molecule has 2 aliphatic rings. The van der Waals surface area contributed by atoms with Crippen molar-refractivity contribution < 1.29 is 9.59 Å². The maximum atomic E-state index is 12.5. The Labute approximate surface area is 135 Å². The average molecular weight is 322 g/mol. The molecular formula is C16H20ClN3O2. The number of likely N-dealkylation sites (tertiary alicyclic amines) is 1. The van der Waals surface area contributed by atoms with E-state index < -0.39 is 0 Å². The van der Waals surface area contributed by atoms with E-state index in [0.29, 0.717) is 29.7 Å². The van der Waals surface area contributed by atoms with Gasteiger partial charge in [0.25, 0.3) is 0 Å². The number of amides is 3. The van der Waals surface area contributed by atoms with Gasteiger partial charge >= 0.3 is 6.03 Å². The van der Waals surface area contributed by atoms with Gasteiger partial charge in [-0.25, -0.2) is 4.79 Å². The Bertz CT molecular complexity index is 581. The van der Waals surface area contributed by atoms with Gasteiger partial charge in [0.1, 0.15) is 6.04 Å². The molecule has 0 aromatic heterocycles. The first-order chi connectivity index (χ1) is 10.6. The Morgan fingerprint density at radius 3 is 2.73 bits per heavy atom. The van der Waals surface area contributed by atoms with Crippen LogP contribution in [0.3, 0.4) is 0 Å². The number of hydrogen-bond acceptors (Lipinski definition) is 2. The van der Waals surface area contributed by atoms with Crippen LogP contribution >= 0.6 is 11.6 Å². The summed E-state index contributed by atoms with van der Waals surface area (Å²) in [6.45, 7) is 2.49. The third-order valence-corrected chi connectivity index (χ3v) is 4.51. The van der Waals surface area contributed by atoms with Gasteiger partial charge in [0, 0.05) is 12.6 Å². The number of urea groups is 1. The predicted octanol–water partition coefficient (Wildman–Crippen LogP) is 2.92. The molecule has 1 aliphatic heterocycles. The Balaban J connectivity index is 1.69. The Hall–Kier alpha value is -1.75. The van der Waals surface area contributed by atoms with Crippen molar-refractivity contribution in [2.75, 3.05) is 11.9 Å². The van der Waals surface area contributed by atoms with Crippen molar-refractivity contribution in [2.24, 2.45) is 0 Å². The molecule has 3 rings (SSSR count). The fourth-order valence-electron chi connectivity index (χ4n) is 2.78. The molecule has 1 saturated carbocycles. The number of nitrogens with zero attached hydrogens (tertiary/aromatic N) is 1. The molecule has 1 heterocycles. The Morgan fingerprint density at radius 2 is 2.05 bits per heavy atom. The van der Waals surface area contributed by atoms with Crippen LogP contribution < -0.4 is 10.6 Å². The topological polar surface area (TPSA) is 61.4 Å². The van der Waals surface area contributed by atoms with Crippen LogP contribution in [0.2, 0.25) is 5.02 Å². The highest BCUT2D eigenvalue weighted by molar-refractivity contribution is 6.33. The van der Waals surface area contributed by atoms with Gasteiger partial charge in [0.2, 0.25) is 5.91 Å². The zero-order valence-electron chi connectivity index (χ0n) is 12.6. The fraction of sp³-hybridized carbons (Fsp3) is 0.500. The predicted molar refractivity (Wildman–Crippen MR) is 86.1 cm³/mol. The van der Waals surface area contributed by atoms with E-state index >= 15 is 0 Å². The molecule has 22 heavy (non-hydrogen) atoms. The van der Waals surface area contributed by atoms with E-state index in [-0.39, 0.29) is 18.0 Å². The second kappa shape index (κ2) is 6.16. The number of carbonyl (C=O) groups excluding carboxylic acids is 2. The smallest absolute Gasteiger partial charge is 0.322 e. The van der Waals surface area contributed by atoms with Crippen LogP contribution in [0.25, 0.3) is 0 Å². The molecule has 3 amide bonds. The van der Waals surface area contributed by atoms with Crippen LogP contribution in [-0.4, -0.2) is 35.5 Å². The van der Waals surface area contributed by atoms with Crippen molar-refractivity contribution in [3.8, 4) is 0 Å². The lowest BCUT2D eigenvalue weighted by molar-refractivity contribution is -0.124. The van der Waals surface area contributed by atoms with Crippen molar-refractivity contribution in [2.45, 2.75) is 44.7 Å². The van der Waals surface area contributed by atoms with Crippen molar-refractivity contribution in [3.63, 3.8) is 0 Å². The van der Waals surface area contributed by atoms with E-state index in [4.69, 9.17) is 11.6 Å². The molecule has 0 radical (unpaired) electrons. The number of hydrogen-bond donors (Lipinski definition) is 2. The molecule has 1 aliphatic carbocycles. The van der Waals surface area contributed by atoms with Crippen LogP contribution in [0, 0.1) is 6.92 Å². The highest BCUT2D eigenvalue weighted by atomic mass is 35.5. The zero-order chi connectivity index (χ0) is 15.7. The van der Waals surface area contributed by atoms with Gasteiger partial charge in [-0.05, 0) is 44.2 Å². The van der Waals surface area contributed by atoms with E-state index in [9.17, 15) is 9.59 Å². The summed E-state index contributed by atoms with van der Waals surface area (Å²) in [6, 6.07) is 5.15. The average Bonchev–Trinajstić information content (AvgIpc) is 3.15. The zero-order valence-corrected chi connectivity index (χ0v) is 13.3. The summed E-state index contributed by atoms with van der Waals surface area (Å²) in [5, 5.41) is 6.34. The number of carbonyl (C=O) groups is 2. The van der Waals surface area contributed by atoms with Gasteiger partial charge in [0.15, 0.2) is 0 Å². The minimum absolute atomic E-state index is 0.0361. The summed E-state index contributed by atoms with van der Waals surface area (Å²) in [5.41, 5.74) is 1.52. The number of para-hydroxylation sites is 1. The standard InChI is InChI=1S/C16H20ClN3O2/c1-10-4-2-5-12(17)14(10)19-16(22)20-9-3-6-13(20)15(21)18-11-7-8-11/h2,4-5,11,13H,3,6-9H2,1H3,(H,18,21)(H,19,22). The lowest BCUT2D eigenvalue weighted by atomic mass is 10.2. The van der Waals surface area contributed by atoms with E-state index in [1.807, 2.05) is 19.1 Å². The molecule has 1 aromatic rings. The number of anilines is 1. The second-order valence-electron chi connectivity index (χ2n) is 6.00. The number of rotatable bonds is 3. The maximum Gasteiger partial charge on any atom is 0.322 e. The third kappa shape index (κ3) is 3.19. The summed E-state index contributed by atoms with van der Waals surface area (Å²) in [6.07, 6.45) is 3.65. The first-order valence-corrected chi connectivity index (χ1v) is 8.07. The fourth-order valence-corrected chi connectivity index (χ4v) is 3.05. The minimum atomic E-state index is -0.372. The van der Waals surface area contributed by atoms with Gasteiger partial charge in [0.05, 0.1) is 10.7 Å². The molecule has 118 valence electrons. The van der Waals surface area contributed by atoms with Crippen molar-refractivity contribution in [1.29, 1.82) is 0 Å². The first kappa shape index (κ1) is 15.2. The summed E-state index contributed by atoms with van der Waals surface area (Å²) >= 11 is 6.14. The molecule has 5 nitrogen and oxygen atoms in total. The molecule has 1 atom stereocenters. The van der Waals surface area contributed by atoms with Crippen LogP contribution in [0.15, 0.2) is 18.2 Å². The lowest BCUT2D eigenvalue weighted by Gasteiger charge is -2.25. The minimum Gasteiger partial charge on any atom is -0.352 e. The second-order valence-corrected chi connectivity index (χ2v) is 6.40. The van der Waals surface area contributed by atoms with Crippen molar-refractivity contribution in [3.05, 3.63) is 28.8 Å². The summed E-state index contributed by atoms with van der Waals surface area (Å²) in [5.74, 6) is -0.0361. The van der Waals surface area contributed by atoms with E-state index in [2.05, 4.69) is 10.6 Å².